The lowest BCUT2D eigenvalue weighted by Crippen LogP contribution is -2.56. The van der Waals surface area contributed by atoms with Gasteiger partial charge in [0.25, 0.3) is 0 Å². The normalized spacial score (nSPS) is 25.5. The highest BCUT2D eigenvalue weighted by molar-refractivity contribution is 5.71. The molecule has 0 aromatic heterocycles. The summed E-state index contributed by atoms with van der Waals surface area (Å²) >= 11 is 0. The van der Waals surface area contributed by atoms with Gasteiger partial charge >= 0.3 is 6.03 Å². The Hall–Kier alpha value is -0.770. The molecule has 0 aromatic rings. The van der Waals surface area contributed by atoms with Crippen molar-refractivity contribution in [3.63, 3.8) is 0 Å². The van der Waals surface area contributed by atoms with Gasteiger partial charge in [-0.15, -0.1) is 0 Å². The van der Waals surface area contributed by atoms with Gasteiger partial charge in [-0.3, -0.25) is 5.01 Å². The van der Waals surface area contributed by atoms with Crippen LogP contribution in [0.5, 0.6) is 0 Å². The van der Waals surface area contributed by atoms with Crippen LogP contribution in [0.25, 0.3) is 0 Å². The van der Waals surface area contributed by atoms with Crippen LogP contribution in [0.1, 0.15) is 44.9 Å². The van der Waals surface area contributed by atoms with Crippen molar-refractivity contribution in [3.05, 3.63) is 0 Å². The molecule has 15 heavy (non-hydrogen) atoms. The fourth-order valence-electron chi connectivity index (χ4n) is 2.78. The van der Waals surface area contributed by atoms with Crippen molar-refractivity contribution in [1.82, 2.24) is 10.0 Å². The average Bonchev–Trinajstić information content (AvgIpc) is 2.30. The lowest BCUT2D eigenvalue weighted by molar-refractivity contribution is -0.0537. The van der Waals surface area contributed by atoms with E-state index in [0.717, 1.165) is 19.5 Å². The van der Waals surface area contributed by atoms with Crippen molar-refractivity contribution in [2.45, 2.75) is 51.0 Å². The van der Waals surface area contributed by atoms with E-state index in [4.69, 9.17) is 5.73 Å². The Morgan fingerprint density at radius 3 is 2.33 bits per heavy atom. The van der Waals surface area contributed by atoms with Gasteiger partial charge in [-0.2, -0.15) is 0 Å². The van der Waals surface area contributed by atoms with E-state index in [-0.39, 0.29) is 6.03 Å². The summed E-state index contributed by atoms with van der Waals surface area (Å²) in [6.45, 7) is 1.82. The number of primary amides is 1. The number of nitrogens with zero attached hydrogens (tertiary/aromatic N) is 2. The molecule has 86 valence electrons. The Morgan fingerprint density at radius 1 is 1.00 bits per heavy atom. The van der Waals surface area contributed by atoms with Crippen LogP contribution in [0.15, 0.2) is 0 Å². The van der Waals surface area contributed by atoms with E-state index in [9.17, 15) is 4.79 Å². The predicted octanol–water partition coefficient (Wildman–Crippen LogP) is 1.71. The average molecular weight is 211 g/mol. The summed E-state index contributed by atoms with van der Waals surface area (Å²) in [5, 5.41) is 3.99. The largest absolute Gasteiger partial charge is 0.350 e. The van der Waals surface area contributed by atoms with Crippen molar-refractivity contribution < 1.29 is 4.79 Å². The third-order valence-corrected chi connectivity index (χ3v) is 3.57. The second-order valence-corrected chi connectivity index (χ2v) is 4.62. The van der Waals surface area contributed by atoms with Gasteiger partial charge in [0.15, 0.2) is 0 Å². The number of rotatable bonds is 1. The SMILES string of the molecule is NC(=O)N1CCCCN1C1CCCCC1. The molecule has 1 aliphatic carbocycles. The molecule has 2 rings (SSSR count). The van der Waals surface area contributed by atoms with E-state index in [0.29, 0.717) is 6.04 Å². The number of amides is 2. The second-order valence-electron chi connectivity index (χ2n) is 4.62. The number of hydrazine groups is 1. The first kappa shape index (κ1) is 10.7. The highest BCUT2D eigenvalue weighted by Gasteiger charge is 2.29. The van der Waals surface area contributed by atoms with Crippen LogP contribution in [0.4, 0.5) is 4.79 Å². The number of carbonyl (C=O) groups excluding carboxylic acids is 1. The maximum atomic E-state index is 11.3. The first-order chi connectivity index (χ1) is 7.29. The van der Waals surface area contributed by atoms with Gasteiger partial charge in [0.1, 0.15) is 0 Å². The molecular formula is C11H21N3O. The number of nitrogens with two attached hydrogens (primary N) is 1. The smallest absolute Gasteiger partial charge is 0.329 e. The summed E-state index contributed by atoms with van der Waals surface area (Å²) in [5.41, 5.74) is 5.41. The molecule has 2 N–H and O–H groups in total. The summed E-state index contributed by atoms with van der Waals surface area (Å²) < 4.78 is 0. The van der Waals surface area contributed by atoms with Crippen LogP contribution in [-0.2, 0) is 0 Å². The molecule has 0 unspecified atom stereocenters. The number of urea groups is 1. The summed E-state index contributed by atoms with van der Waals surface area (Å²) in [6, 6.07) is 0.284. The van der Waals surface area contributed by atoms with Crippen LogP contribution < -0.4 is 5.73 Å². The maximum absolute atomic E-state index is 11.3. The van der Waals surface area contributed by atoms with Gasteiger partial charge in [-0.25, -0.2) is 9.80 Å². The Labute approximate surface area is 91.4 Å². The molecule has 0 spiro atoms. The number of carbonyl (C=O) groups is 1. The first-order valence-electron chi connectivity index (χ1n) is 6.12. The lowest BCUT2D eigenvalue weighted by atomic mass is 9.94. The van der Waals surface area contributed by atoms with Gasteiger partial charge in [-0.05, 0) is 25.7 Å². The Balaban J connectivity index is 1.99. The maximum Gasteiger partial charge on any atom is 0.329 e. The number of hydrogen-bond acceptors (Lipinski definition) is 2. The molecule has 0 radical (unpaired) electrons. The van der Waals surface area contributed by atoms with E-state index in [1.54, 1.807) is 5.01 Å². The molecule has 1 saturated carbocycles. The fourth-order valence-corrected chi connectivity index (χ4v) is 2.78. The predicted molar refractivity (Wildman–Crippen MR) is 59.1 cm³/mol. The summed E-state index contributed by atoms with van der Waals surface area (Å²) in [4.78, 5) is 11.3. The summed E-state index contributed by atoms with van der Waals surface area (Å²) in [7, 11) is 0. The highest BCUT2D eigenvalue weighted by atomic mass is 16.2. The molecule has 1 aliphatic heterocycles. The molecule has 2 amide bonds. The van der Waals surface area contributed by atoms with E-state index in [1.807, 2.05) is 0 Å². The van der Waals surface area contributed by atoms with Crippen LogP contribution in [0.3, 0.4) is 0 Å². The summed E-state index contributed by atoms with van der Waals surface area (Å²) in [6.07, 6.45) is 8.68. The molecule has 0 atom stereocenters. The van der Waals surface area contributed by atoms with Crippen LogP contribution >= 0.6 is 0 Å². The van der Waals surface area contributed by atoms with Gasteiger partial charge in [0.05, 0.1) is 0 Å². The molecule has 0 aromatic carbocycles. The first-order valence-corrected chi connectivity index (χ1v) is 6.12. The monoisotopic (exact) mass is 211 g/mol. The van der Waals surface area contributed by atoms with Gasteiger partial charge in [-0.1, -0.05) is 19.3 Å². The van der Waals surface area contributed by atoms with E-state index in [1.165, 1.54) is 38.5 Å². The zero-order valence-electron chi connectivity index (χ0n) is 9.32. The summed E-state index contributed by atoms with van der Waals surface area (Å²) in [5.74, 6) is 0. The zero-order valence-corrected chi connectivity index (χ0v) is 9.32. The second kappa shape index (κ2) is 4.84. The van der Waals surface area contributed by atoms with E-state index >= 15 is 0 Å². The lowest BCUT2D eigenvalue weighted by Gasteiger charge is -2.43. The van der Waals surface area contributed by atoms with Crippen LogP contribution in [0, 0.1) is 0 Å². The Morgan fingerprint density at radius 2 is 1.67 bits per heavy atom. The minimum Gasteiger partial charge on any atom is -0.350 e. The van der Waals surface area contributed by atoms with Crippen LogP contribution in [0.2, 0.25) is 0 Å². The fraction of sp³-hybridized carbons (Fsp3) is 0.909. The van der Waals surface area contributed by atoms with Crippen molar-refractivity contribution in [2.24, 2.45) is 5.73 Å². The molecule has 1 saturated heterocycles. The molecule has 2 aliphatic rings. The molecule has 2 fully saturated rings. The Kier molecular flexibility index (Phi) is 3.46. The third-order valence-electron chi connectivity index (χ3n) is 3.57. The number of hydrogen-bond donors (Lipinski definition) is 1. The van der Waals surface area contributed by atoms with Crippen molar-refractivity contribution >= 4 is 6.03 Å². The van der Waals surface area contributed by atoms with Crippen LogP contribution in [-0.4, -0.2) is 35.2 Å². The minimum absolute atomic E-state index is 0.278. The molecule has 4 nitrogen and oxygen atoms in total. The third kappa shape index (κ3) is 2.43. The topological polar surface area (TPSA) is 49.6 Å². The molecular weight excluding hydrogens is 190 g/mol. The van der Waals surface area contributed by atoms with Crippen molar-refractivity contribution in [3.8, 4) is 0 Å². The van der Waals surface area contributed by atoms with Crippen molar-refractivity contribution in [1.29, 1.82) is 0 Å². The van der Waals surface area contributed by atoms with Gasteiger partial charge in [0, 0.05) is 19.1 Å². The zero-order chi connectivity index (χ0) is 10.7. The highest BCUT2D eigenvalue weighted by Crippen LogP contribution is 2.26. The van der Waals surface area contributed by atoms with E-state index < -0.39 is 0 Å². The standard InChI is InChI=1S/C11H21N3O/c12-11(15)14-9-5-4-8-13(14)10-6-2-1-3-7-10/h10H,1-9H2,(H2,12,15). The molecule has 0 bridgehead atoms. The molecule has 4 heteroatoms. The van der Waals surface area contributed by atoms with Gasteiger partial charge in [0.2, 0.25) is 0 Å². The van der Waals surface area contributed by atoms with E-state index in [2.05, 4.69) is 5.01 Å². The molecule has 1 heterocycles. The minimum atomic E-state index is -0.278. The van der Waals surface area contributed by atoms with Crippen molar-refractivity contribution in [2.75, 3.05) is 13.1 Å². The Bertz CT molecular complexity index is 226. The van der Waals surface area contributed by atoms with Gasteiger partial charge < -0.3 is 5.73 Å². The quantitative estimate of drug-likeness (QED) is 0.718.